The molecule has 0 radical (unpaired) electrons. The minimum Gasteiger partial charge on any atom is -0.269 e. The average Bonchev–Trinajstić information content (AvgIpc) is 2.78. The predicted octanol–water partition coefficient (Wildman–Crippen LogP) is 3.52. The number of hydrogen-bond donors (Lipinski definition) is 0. The molecule has 1 aromatic carbocycles. The maximum Gasteiger partial charge on any atom is 0.0923 e. The molecule has 1 atom stereocenters. The fourth-order valence-corrected chi connectivity index (χ4v) is 1.53. The molecule has 2 aromatic rings. The molecule has 78 valence electrons. The van der Waals surface area contributed by atoms with Crippen molar-refractivity contribution in [2.45, 2.75) is 26.3 Å². The summed E-state index contributed by atoms with van der Waals surface area (Å²) in [6.07, 6.45) is 3.16. The molecule has 0 aliphatic rings. The normalized spacial score (nSPS) is 12.7. The van der Waals surface area contributed by atoms with Gasteiger partial charge in [-0.05, 0) is 19.4 Å². The van der Waals surface area contributed by atoms with Crippen molar-refractivity contribution in [3.05, 3.63) is 42.6 Å². The van der Waals surface area contributed by atoms with E-state index in [2.05, 4.69) is 43.3 Å². The van der Waals surface area contributed by atoms with Gasteiger partial charge >= 0.3 is 0 Å². The van der Waals surface area contributed by atoms with E-state index in [1.165, 1.54) is 5.56 Å². The lowest BCUT2D eigenvalue weighted by Crippen LogP contribution is -2.03. The van der Waals surface area contributed by atoms with Gasteiger partial charge in [-0.2, -0.15) is 5.10 Å². The largest absolute Gasteiger partial charge is 0.269 e. The Labute approximate surface area is 90.6 Å². The summed E-state index contributed by atoms with van der Waals surface area (Å²) in [5.74, 6) is 0. The van der Waals surface area contributed by atoms with Gasteiger partial charge in [0.1, 0.15) is 0 Å². The second-order valence-corrected chi connectivity index (χ2v) is 3.80. The Morgan fingerprint density at radius 2 is 1.93 bits per heavy atom. The van der Waals surface area contributed by atoms with Crippen LogP contribution in [0.15, 0.2) is 42.6 Å². The minimum absolute atomic E-state index is 0.475. The lowest BCUT2D eigenvalue weighted by Gasteiger charge is -2.07. The van der Waals surface area contributed by atoms with Crippen LogP contribution in [0.4, 0.5) is 0 Å². The topological polar surface area (TPSA) is 17.8 Å². The molecule has 2 heteroatoms. The number of aromatic nitrogens is 2. The first-order chi connectivity index (χ1) is 7.31. The molecule has 2 rings (SSSR count). The third kappa shape index (κ3) is 2.09. The summed E-state index contributed by atoms with van der Waals surface area (Å²) in [4.78, 5) is 0. The summed E-state index contributed by atoms with van der Waals surface area (Å²) in [5, 5.41) is 4.57. The Morgan fingerprint density at radius 1 is 1.20 bits per heavy atom. The van der Waals surface area contributed by atoms with E-state index < -0.39 is 0 Å². The van der Waals surface area contributed by atoms with Crippen LogP contribution in [0.2, 0.25) is 0 Å². The van der Waals surface area contributed by atoms with E-state index in [1.54, 1.807) is 0 Å². The monoisotopic (exact) mass is 200 g/mol. The predicted molar refractivity (Wildman–Crippen MR) is 62.7 cm³/mol. The summed E-state index contributed by atoms with van der Waals surface area (Å²) in [6, 6.07) is 12.8. The number of benzene rings is 1. The van der Waals surface area contributed by atoms with E-state index in [9.17, 15) is 0 Å². The van der Waals surface area contributed by atoms with E-state index in [0.717, 1.165) is 12.1 Å². The van der Waals surface area contributed by atoms with E-state index in [1.807, 2.05) is 22.9 Å². The maximum absolute atomic E-state index is 4.57. The molecular weight excluding hydrogens is 184 g/mol. The molecule has 0 bridgehead atoms. The molecule has 2 nitrogen and oxygen atoms in total. The third-order valence-corrected chi connectivity index (χ3v) is 2.72. The lowest BCUT2D eigenvalue weighted by atomic mass is 10.2. The van der Waals surface area contributed by atoms with Crippen molar-refractivity contribution < 1.29 is 0 Å². The molecule has 0 saturated heterocycles. The third-order valence-electron chi connectivity index (χ3n) is 2.72. The van der Waals surface area contributed by atoms with Crippen molar-refractivity contribution in [1.82, 2.24) is 9.78 Å². The van der Waals surface area contributed by atoms with Crippen molar-refractivity contribution in [1.29, 1.82) is 0 Å². The van der Waals surface area contributed by atoms with E-state index in [-0.39, 0.29) is 0 Å². The number of rotatable bonds is 3. The van der Waals surface area contributed by atoms with Gasteiger partial charge in [-0.25, -0.2) is 0 Å². The highest BCUT2D eigenvalue weighted by Gasteiger charge is 2.05. The summed E-state index contributed by atoms with van der Waals surface area (Å²) >= 11 is 0. The highest BCUT2D eigenvalue weighted by atomic mass is 15.3. The number of hydrogen-bond acceptors (Lipinski definition) is 1. The van der Waals surface area contributed by atoms with Gasteiger partial charge in [0.15, 0.2) is 0 Å². The zero-order chi connectivity index (χ0) is 10.7. The smallest absolute Gasteiger partial charge is 0.0923 e. The highest BCUT2D eigenvalue weighted by Crippen LogP contribution is 2.18. The quantitative estimate of drug-likeness (QED) is 0.741. The van der Waals surface area contributed by atoms with Crippen molar-refractivity contribution in [3.63, 3.8) is 0 Å². The van der Waals surface area contributed by atoms with Crippen LogP contribution in [0.25, 0.3) is 11.3 Å². The fourth-order valence-electron chi connectivity index (χ4n) is 1.53. The van der Waals surface area contributed by atoms with Crippen LogP contribution in [-0.4, -0.2) is 9.78 Å². The summed E-state index contributed by atoms with van der Waals surface area (Å²) < 4.78 is 2.03. The second-order valence-electron chi connectivity index (χ2n) is 3.80. The molecule has 1 heterocycles. The molecule has 0 fully saturated rings. The van der Waals surface area contributed by atoms with Gasteiger partial charge in [-0.15, -0.1) is 0 Å². The molecule has 0 aliphatic carbocycles. The molecule has 15 heavy (non-hydrogen) atoms. The van der Waals surface area contributed by atoms with E-state index >= 15 is 0 Å². The Kier molecular flexibility index (Phi) is 2.86. The minimum atomic E-state index is 0.475. The average molecular weight is 200 g/mol. The van der Waals surface area contributed by atoms with E-state index in [0.29, 0.717) is 6.04 Å². The van der Waals surface area contributed by atoms with Crippen molar-refractivity contribution in [3.8, 4) is 11.3 Å². The summed E-state index contributed by atoms with van der Waals surface area (Å²) in [6.45, 7) is 4.36. The number of nitrogens with zero attached hydrogens (tertiary/aromatic N) is 2. The van der Waals surface area contributed by atoms with Crippen LogP contribution in [0.5, 0.6) is 0 Å². The molecule has 0 saturated carbocycles. The van der Waals surface area contributed by atoms with Gasteiger partial charge < -0.3 is 0 Å². The first-order valence-corrected chi connectivity index (χ1v) is 5.42. The Balaban J connectivity index is 2.28. The van der Waals surface area contributed by atoms with Gasteiger partial charge in [-0.3, -0.25) is 4.68 Å². The van der Waals surface area contributed by atoms with Crippen LogP contribution < -0.4 is 0 Å². The summed E-state index contributed by atoms with van der Waals surface area (Å²) in [5.41, 5.74) is 2.23. The highest BCUT2D eigenvalue weighted by molar-refractivity contribution is 5.57. The van der Waals surface area contributed by atoms with Crippen LogP contribution in [0.1, 0.15) is 26.3 Å². The van der Waals surface area contributed by atoms with Gasteiger partial charge in [0.2, 0.25) is 0 Å². The van der Waals surface area contributed by atoms with Crippen molar-refractivity contribution >= 4 is 0 Å². The fraction of sp³-hybridized carbons (Fsp3) is 0.308. The first kappa shape index (κ1) is 9.97. The molecule has 1 unspecified atom stereocenters. The Morgan fingerprint density at radius 3 is 2.60 bits per heavy atom. The van der Waals surface area contributed by atoms with Crippen LogP contribution in [-0.2, 0) is 0 Å². The van der Waals surface area contributed by atoms with Crippen molar-refractivity contribution in [2.75, 3.05) is 0 Å². The first-order valence-electron chi connectivity index (χ1n) is 5.42. The maximum atomic E-state index is 4.57. The molecule has 0 spiro atoms. The molecular formula is C13H16N2. The van der Waals surface area contributed by atoms with Crippen LogP contribution >= 0.6 is 0 Å². The SMILES string of the molecule is CCC(C)n1ccc(-c2ccccc2)n1. The Bertz CT molecular complexity index is 417. The van der Waals surface area contributed by atoms with Crippen molar-refractivity contribution in [2.24, 2.45) is 0 Å². The summed E-state index contributed by atoms with van der Waals surface area (Å²) in [7, 11) is 0. The van der Waals surface area contributed by atoms with Crippen LogP contribution in [0, 0.1) is 0 Å². The lowest BCUT2D eigenvalue weighted by molar-refractivity contribution is 0.479. The van der Waals surface area contributed by atoms with Gasteiger partial charge in [0, 0.05) is 17.8 Å². The van der Waals surface area contributed by atoms with Gasteiger partial charge in [0.25, 0.3) is 0 Å². The Hall–Kier alpha value is -1.57. The standard InChI is InChI=1S/C13H16N2/c1-3-11(2)15-10-9-13(14-15)12-7-5-4-6-8-12/h4-11H,3H2,1-2H3. The zero-order valence-electron chi connectivity index (χ0n) is 9.22. The van der Waals surface area contributed by atoms with Gasteiger partial charge in [0.05, 0.1) is 5.69 Å². The van der Waals surface area contributed by atoms with Crippen LogP contribution in [0.3, 0.4) is 0 Å². The molecule has 0 aliphatic heterocycles. The zero-order valence-corrected chi connectivity index (χ0v) is 9.22. The van der Waals surface area contributed by atoms with E-state index in [4.69, 9.17) is 0 Å². The second kappa shape index (κ2) is 4.30. The van der Waals surface area contributed by atoms with Gasteiger partial charge in [-0.1, -0.05) is 37.3 Å². The molecule has 0 amide bonds. The molecule has 0 N–H and O–H groups in total. The molecule has 1 aromatic heterocycles.